The van der Waals surface area contributed by atoms with Crippen LogP contribution in [-0.4, -0.2) is 68.2 Å². The average Bonchev–Trinajstić information content (AvgIpc) is 3.23. The number of piperidine rings is 1. The lowest BCUT2D eigenvalue weighted by molar-refractivity contribution is 0.0210. The highest BCUT2D eigenvalue weighted by atomic mass is 16.6. The molecule has 1 saturated heterocycles. The maximum Gasteiger partial charge on any atom is 0.410 e. The molecule has 0 spiro atoms. The lowest BCUT2D eigenvalue weighted by Crippen LogP contribution is -2.44. The standard InChI is InChI=1S/C23H28N6O4/c1-23(2,3)33-22(31)28-11-7-16(8-12-28)25-19-20-27-18(21(30)32-4)14-29(20)13-17(26-19)15-5-9-24-10-6-15/h5-6,9-10,13-14,16H,7-8,11-12H2,1-4H3,(H,25,26). The summed E-state index contributed by atoms with van der Waals surface area (Å²) in [6.07, 6.45) is 8.03. The van der Waals surface area contributed by atoms with Gasteiger partial charge in [-0.05, 0) is 45.7 Å². The first-order valence-electron chi connectivity index (χ1n) is 10.9. The highest BCUT2D eigenvalue weighted by molar-refractivity contribution is 5.88. The molecule has 0 atom stereocenters. The van der Waals surface area contributed by atoms with Crippen LogP contribution in [0, 0.1) is 0 Å². The Balaban J connectivity index is 1.57. The number of imidazole rings is 1. The Morgan fingerprint density at radius 2 is 1.79 bits per heavy atom. The Labute approximate surface area is 191 Å². The van der Waals surface area contributed by atoms with Crippen LogP contribution in [0.1, 0.15) is 44.1 Å². The molecule has 174 valence electrons. The van der Waals surface area contributed by atoms with Gasteiger partial charge in [0.2, 0.25) is 0 Å². The van der Waals surface area contributed by atoms with Gasteiger partial charge in [0.25, 0.3) is 0 Å². The van der Waals surface area contributed by atoms with Gasteiger partial charge < -0.3 is 24.1 Å². The molecule has 4 heterocycles. The third kappa shape index (κ3) is 5.21. The molecule has 1 amide bonds. The number of carbonyl (C=O) groups excluding carboxylic acids is 2. The second kappa shape index (κ2) is 9.05. The number of pyridine rings is 1. The Hall–Kier alpha value is -3.69. The van der Waals surface area contributed by atoms with Crippen molar-refractivity contribution in [1.29, 1.82) is 0 Å². The first-order chi connectivity index (χ1) is 15.7. The molecule has 0 unspecified atom stereocenters. The van der Waals surface area contributed by atoms with E-state index in [2.05, 4.69) is 15.3 Å². The van der Waals surface area contributed by atoms with Crippen molar-refractivity contribution in [3.8, 4) is 11.3 Å². The largest absolute Gasteiger partial charge is 0.464 e. The number of rotatable bonds is 4. The molecule has 10 nitrogen and oxygen atoms in total. The molecule has 0 aromatic carbocycles. The molecule has 10 heteroatoms. The number of fused-ring (bicyclic) bond motifs is 1. The van der Waals surface area contributed by atoms with Crippen molar-refractivity contribution in [2.24, 2.45) is 0 Å². The second-order valence-electron chi connectivity index (χ2n) is 8.95. The van der Waals surface area contributed by atoms with E-state index in [1.807, 2.05) is 39.1 Å². The van der Waals surface area contributed by atoms with Gasteiger partial charge in [-0.1, -0.05) is 0 Å². The first-order valence-corrected chi connectivity index (χ1v) is 10.9. The second-order valence-corrected chi connectivity index (χ2v) is 8.95. The van der Waals surface area contributed by atoms with Crippen LogP contribution < -0.4 is 5.32 Å². The van der Waals surface area contributed by atoms with Crippen LogP contribution >= 0.6 is 0 Å². The van der Waals surface area contributed by atoms with Crippen LogP contribution in [-0.2, 0) is 9.47 Å². The number of methoxy groups -OCH3 is 1. The zero-order valence-electron chi connectivity index (χ0n) is 19.2. The summed E-state index contributed by atoms with van der Waals surface area (Å²) in [6, 6.07) is 3.83. The molecule has 0 radical (unpaired) electrons. The number of anilines is 1. The number of ether oxygens (including phenoxy) is 2. The number of amides is 1. The summed E-state index contributed by atoms with van der Waals surface area (Å²) in [5.41, 5.74) is 1.82. The fraction of sp³-hybridized carbons (Fsp3) is 0.435. The molecule has 3 aromatic rings. The quantitative estimate of drug-likeness (QED) is 0.600. The smallest absolute Gasteiger partial charge is 0.410 e. The number of esters is 1. The van der Waals surface area contributed by atoms with Gasteiger partial charge in [-0.2, -0.15) is 0 Å². The molecular weight excluding hydrogens is 424 g/mol. The van der Waals surface area contributed by atoms with E-state index in [1.165, 1.54) is 7.11 Å². The highest BCUT2D eigenvalue weighted by Crippen LogP contribution is 2.25. The Bertz CT molecular complexity index is 1150. The maximum atomic E-state index is 12.4. The zero-order chi connectivity index (χ0) is 23.6. The van der Waals surface area contributed by atoms with E-state index >= 15 is 0 Å². The van der Waals surface area contributed by atoms with Crippen molar-refractivity contribution in [1.82, 2.24) is 24.3 Å². The number of hydrogen-bond donors (Lipinski definition) is 1. The molecule has 33 heavy (non-hydrogen) atoms. The predicted molar refractivity (Wildman–Crippen MR) is 122 cm³/mol. The van der Waals surface area contributed by atoms with Gasteiger partial charge in [0.15, 0.2) is 17.2 Å². The van der Waals surface area contributed by atoms with Crippen molar-refractivity contribution < 1.29 is 19.1 Å². The third-order valence-electron chi connectivity index (χ3n) is 5.30. The van der Waals surface area contributed by atoms with E-state index in [1.54, 1.807) is 27.9 Å². The number of aromatic nitrogens is 4. The number of carbonyl (C=O) groups is 2. The zero-order valence-corrected chi connectivity index (χ0v) is 19.2. The Kier molecular flexibility index (Phi) is 6.17. The van der Waals surface area contributed by atoms with Crippen LogP contribution in [0.2, 0.25) is 0 Å². The topological polar surface area (TPSA) is 111 Å². The van der Waals surface area contributed by atoms with Gasteiger partial charge in [0.1, 0.15) is 5.60 Å². The SMILES string of the molecule is COC(=O)c1cn2cc(-c3ccncc3)nc(NC3CCN(C(=O)OC(C)(C)C)CC3)c2n1. The first kappa shape index (κ1) is 22.5. The van der Waals surface area contributed by atoms with E-state index in [9.17, 15) is 9.59 Å². The fourth-order valence-corrected chi connectivity index (χ4v) is 3.69. The predicted octanol–water partition coefficient (Wildman–Crippen LogP) is 3.39. The summed E-state index contributed by atoms with van der Waals surface area (Å²) in [5, 5.41) is 3.47. The number of nitrogens with one attached hydrogen (secondary N) is 1. The molecule has 0 aliphatic carbocycles. The lowest BCUT2D eigenvalue weighted by Gasteiger charge is -2.34. The van der Waals surface area contributed by atoms with Crippen LogP contribution in [0.3, 0.4) is 0 Å². The summed E-state index contributed by atoms with van der Waals surface area (Å²) in [5.74, 6) is 0.0518. The summed E-state index contributed by atoms with van der Waals surface area (Å²) in [6.45, 7) is 6.74. The van der Waals surface area contributed by atoms with Crippen molar-refractivity contribution in [3.05, 3.63) is 42.6 Å². The van der Waals surface area contributed by atoms with Gasteiger partial charge in [0.05, 0.1) is 12.8 Å². The minimum atomic E-state index is -0.521. The van der Waals surface area contributed by atoms with Crippen molar-refractivity contribution in [2.75, 3.05) is 25.5 Å². The van der Waals surface area contributed by atoms with Crippen molar-refractivity contribution in [2.45, 2.75) is 45.3 Å². The van der Waals surface area contributed by atoms with Crippen LogP contribution in [0.4, 0.5) is 10.6 Å². The Morgan fingerprint density at radius 3 is 2.42 bits per heavy atom. The normalized spacial score (nSPS) is 14.8. The van der Waals surface area contributed by atoms with Gasteiger partial charge in [-0.25, -0.2) is 19.6 Å². The molecule has 4 rings (SSSR count). The minimum absolute atomic E-state index is 0.0888. The highest BCUT2D eigenvalue weighted by Gasteiger charge is 2.27. The summed E-state index contributed by atoms with van der Waals surface area (Å²) >= 11 is 0. The number of nitrogens with zero attached hydrogens (tertiary/aromatic N) is 5. The van der Waals surface area contributed by atoms with Crippen LogP contribution in [0.25, 0.3) is 16.9 Å². The minimum Gasteiger partial charge on any atom is -0.464 e. The molecule has 1 aliphatic rings. The summed E-state index contributed by atoms with van der Waals surface area (Å²) in [4.78, 5) is 39.4. The molecule has 3 aromatic heterocycles. The average molecular weight is 453 g/mol. The summed E-state index contributed by atoms with van der Waals surface area (Å²) < 4.78 is 12.1. The molecular formula is C23H28N6O4. The monoisotopic (exact) mass is 452 g/mol. The van der Waals surface area contributed by atoms with Gasteiger partial charge in [0, 0.05) is 49.5 Å². The van der Waals surface area contributed by atoms with E-state index < -0.39 is 11.6 Å². The Morgan fingerprint density at radius 1 is 1.09 bits per heavy atom. The van der Waals surface area contributed by atoms with Gasteiger partial charge in [-0.3, -0.25) is 4.98 Å². The van der Waals surface area contributed by atoms with Gasteiger partial charge in [-0.15, -0.1) is 0 Å². The number of hydrogen-bond acceptors (Lipinski definition) is 8. The molecule has 0 bridgehead atoms. The van der Waals surface area contributed by atoms with Crippen LogP contribution in [0.5, 0.6) is 0 Å². The molecule has 1 aliphatic heterocycles. The van der Waals surface area contributed by atoms with E-state index in [-0.39, 0.29) is 17.8 Å². The molecule has 0 saturated carbocycles. The van der Waals surface area contributed by atoms with Crippen molar-refractivity contribution in [3.63, 3.8) is 0 Å². The summed E-state index contributed by atoms with van der Waals surface area (Å²) in [7, 11) is 1.32. The fourth-order valence-electron chi connectivity index (χ4n) is 3.69. The van der Waals surface area contributed by atoms with E-state index in [4.69, 9.17) is 14.5 Å². The molecule has 1 N–H and O–H groups in total. The van der Waals surface area contributed by atoms with Crippen molar-refractivity contribution >= 4 is 23.5 Å². The molecule has 1 fully saturated rings. The lowest BCUT2D eigenvalue weighted by atomic mass is 10.1. The maximum absolute atomic E-state index is 12.4. The van der Waals surface area contributed by atoms with Crippen LogP contribution in [0.15, 0.2) is 36.9 Å². The van der Waals surface area contributed by atoms with E-state index in [0.29, 0.717) is 30.2 Å². The van der Waals surface area contributed by atoms with E-state index in [0.717, 1.165) is 18.4 Å². The van der Waals surface area contributed by atoms with Gasteiger partial charge >= 0.3 is 12.1 Å². The third-order valence-corrected chi connectivity index (χ3v) is 5.30. The number of likely N-dealkylation sites (tertiary alicyclic amines) is 1.